The zero-order valence-corrected chi connectivity index (χ0v) is 30.5. The number of carboxylic acids is 1. The number of fused-ring (bicyclic) bond motifs is 2. The summed E-state index contributed by atoms with van der Waals surface area (Å²) >= 11 is 3.54. The van der Waals surface area contributed by atoms with Gasteiger partial charge in [-0.3, -0.25) is 9.59 Å². The number of carbonyl (C=O) groups is 2. The maximum Gasteiger partial charge on any atom is 0.342 e. The number of aromatic carboxylic acids is 1. The van der Waals surface area contributed by atoms with Gasteiger partial charge in [-0.25, -0.2) is 9.59 Å². The molecule has 4 rings (SSSR count). The second-order valence-electron chi connectivity index (χ2n) is 10.6. The summed E-state index contributed by atoms with van der Waals surface area (Å²) in [6.45, 7) is 6.55. The molecule has 2 aromatic carbocycles. The Hall–Kier alpha value is -3.40. The highest BCUT2D eigenvalue weighted by Gasteiger charge is 2.28. The molecule has 46 heavy (non-hydrogen) atoms. The Morgan fingerprint density at radius 1 is 0.848 bits per heavy atom. The van der Waals surface area contributed by atoms with E-state index in [2.05, 4.69) is 19.6 Å². The van der Waals surface area contributed by atoms with Gasteiger partial charge in [-0.2, -0.15) is 0 Å². The molecule has 248 valence electrons. The minimum Gasteiger partial charge on any atom is -0.504 e. The SMILES string of the molecule is COCOc1cc2occ(I)c(=O)c2c(C(=O)OCC[Si](C)(C)C)c1OCOC.O=C(O)c1c(O)c(O)cc2occ(I)c(=O)c12. The summed E-state index contributed by atoms with van der Waals surface area (Å²) in [7, 11) is 1.49. The second kappa shape index (κ2) is 15.9. The lowest BCUT2D eigenvalue weighted by Gasteiger charge is -2.18. The Morgan fingerprint density at radius 2 is 1.37 bits per heavy atom. The number of hydrogen-bond donors (Lipinski definition) is 3. The smallest absolute Gasteiger partial charge is 0.342 e. The molecule has 3 N–H and O–H groups in total. The number of esters is 1. The van der Waals surface area contributed by atoms with E-state index in [1.54, 1.807) is 22.6 Å². The predicted octanol–water partition coefficient (Wildman–Crippen LogP) is 5.37. The molecule has 0 bridgehead atoms. The van der Waals surface area contributed by atoms with Crippen LogP contribution in [0.4, 0.5) is 0 Å². The lowest BCUT2D eigenvalue weighted by molar-refractivity contribution is 0.0298. The molecule has 17 heteroatoms. The van der Waals surface area contributed by atoms with Crippen LogP contribution in [0.25, 0.3) is 21.9 Å². The summed E-state index contributed by atoms with van der Waals surface area (Å²) in [6, 6.07) is 3.27. The van der Waals surface area contributed by atoms with Gasteiger partial charge in [-0.05, 0) is 51.2 Å². The number of aromatic hydroxyl groups is 2. The molecule has 0 radical (unpaired) electrons. The number of ether oxygens (including phenoxy) is 5. The van der Waals surface area contributed by atoms with Crippen LogP contribution in [-0.2, 0) is 14.2 Å². The summed E-state index contributed by atoms with van der Waals surface area (Å²) in [4.78, 5) is 48.6. The molecule has 0 saturated heterocycles. The molecular formula is C29H30I2O14Si. The quantitative estimate of drug-likeness (QED) is 0.0571. The zero-order chi connectivity index (χ0) is 34.3. The van der Waals surface area contributed by atoms with Crippen molar-refractivity contribution >= 4 is 87.1 Å². The van der Waals surface area contributed by atoms with E-state index < -0.39 is 42.5 Å². The van der Waals surface area contributed by atoms with Gasteiger partial charge in [0, 0.05) is 34.4 Å². The van der Waals surface area contributed by atoms with E-state index in [0.717, 1.165) is 18.4 Å². The third-order valence-corrected chi connectivity index (χ3v) is 9.27. The Bertz CT molecular complexity index is 1880. The first kappa shape index (κ1) is 37.1. The lowest BCUT2D eigenvalue weighted by Crippen LogP contribution is -2.23. The van der Waals surface area contributed by atoms with Crippen LogP contribution in [0.5, 0.6) is 23.0 Å². The molecule has 0 spiro atoms. The second-order valence-corrected chi connectivity index (χ2v) is 18.6. The van der Waals surface area contributed by atoms with Crippen LogP contribution < -0.4 is 20.3 Å². The summed E-state index contributed by atoms with van der Waals surface area (Å²) in [5, 5.41) is 27.6. The van der Waals surface area contributed by atoms with E-state index in [0.29, 0.717) is 3.57 Å². The van der Waals surface area contributed by atoms with Crippen LogP contribution >= 0.6 is 45.2 Å². The van der Waals surface area contributed by atoms with Gasteiger partial charge in [0.05, 0.1) is 24.5 Å². The third-order valence-electron chi connectivity index (χ3n) is 6.08. The van der Waals surface area contributed by atoms with Gasteiger partial charge in [0.25, 0.3) is 0 Å². The number of halogens is 2. The lowest BCUT2D eigenvalue weighted by atomic mass is 10.1. The Balaban J connectivity index is 0.000000286. The maximum atomic E-state index is 13.0. The van der Waals surface area contributed by atoms with E-state index in [4.69, 9.17) is 37.6 Å². The summed E-state index contributed by atoms with van der Waals surface area (Å²) < 4.78 is 37.6. The topological polar surface area (TPSA) is 201 Å². The van der Waals surface area contributed by atoms with Crippen LogP contribution in [0.3, 0.4) is 0 Å². The van der Waals surface area contributed by atoms with Crippen molar-refractivity contribution in [3.8, 4) is 23.0 Å². The highest BCUT2D eigenvalue weighted by Crippen LogP contribution is 2.38. The van der Waals surface area contributed by atoms with Gasteiger partial charge < -0.3 is 47.8 Å². The molecule has 0 fully saturated rings. The first-order valence-electron chi connectivity index (χ1n) is 13.2. The van der Waals surface area contributed by atoms with Gasteiger partial charge in [0.2, 0.25) is 10.9 Å². The predicted molar refractivity (Wildman–Crippen MR) is 184 cm³/mol. The summed E-state index contributed by atoms with van der Waals surface area (Å²) in [6.07, 6.45) is 2.47. The molecule has 0 unspecified atom stereocenters. The zero-order valence-electron chi connectivity index (χ0n) is 25.2. The Labute approximate surface area is 289 Å². The number of phenols is 2. The van der Waals surface area contributed by atoms with Gasteiger partial charge in [-0.1, -0.05) is 19.6 Å². The minimum atomic E-state index is -1.52. The van der Waals surface area contributed by atoms with Crippen LogP contribution in [0.15, 0.2) is 43.1 Å². The summed E-state index contributed by atoms with van der Waals surface area (Å²) in [5.41, 5.74) is -1.54. The van der Waals surface area contributed by atoms with Crippen LogP contribution in [0, 0.1) is 7.14 Å². The molecule has 0 aliphatic rings. The number of phenolic OH excluding ortho intramolecular Hbond substituents is 1. The normalized spacial score (nSPS) is 11.2. The van der Waals surface area contributed by atoms with Crippen molar-refractivity contribution in [2.75, 3.05) is 34.4 Å². The fraction of sp³-hybridized carbons (Fsp3) is 0.310. The number of rotatable bonds is 11. The van der Waals surface area contributed by atoms with E-state index in [1.807, 2.05) is 22.6 Å². The van der Waals surface area contributed by atoms with Crippen molar-refractivity contribution in [1.82, 2.24) is 0 Å². The molecular weight excluding hydrogens is 854 g/mol. The van der Waals surface area contributed by atoms with Crippen molar-refractivity contribution in [2.45, 2.75) is 25.7 Å². The maximum absolute atomic E-state index is 13.0. The van der Waals surface area contributed by atoms with Crippen LogP contribution in [0.1, 0.15) is 20.7 Å². The fourth-order valence-electron chi connectivity index (χ4n) is 3.88. The number of carbonyl (C=O) groups excluding carboxylic acids is 1. The largest absolute Gasteiger partial charge is 0.504 e. The number of hydrogen-bond acceptors (Lipinski definition) is 13. The third kappa shape index (κ3) is 8.69. The van der Waals surface area contributed by atoms with E-state index in [9.17, 15) is 29.4 Å². The number of carboxylic acid groups (broad SMARTS) is 1. The molecule has 14 nitrogen and oxygen atoms in total. The fourth-order valence-corrected chi connectivity index (χ4v) is 5.39. The standard InChI is InChI=1S/C19H25IO8Si.C10H5IO6/c1-23-10-27-14-8-13-15(17(21)12(20)9-26-13)16(18(14)28-11-24-2)19(22)25-6-7-29(3,4)5;11-3-2-17-5-1-4(12)9(14)7(10(15)16)6(5)8(3)13/h8-9H,6-7,10-11H2,1-5H3;1-2,12,14H,(H,15,16). The van der Waals surface area contributed by atoms with Gasteiger partial charge in [0.1, 0.15) is 34.8 Å². The first-order chi connectivity index (χ1) is 21.6. The van der Waals surface area contributed by atoms with E-state index in [1.165, 1.54) is 26.5 Å². The molecule has 0 amide bonds. The molecule has 0 aliphatic carbocycles. The van der Waals surface area contributed by atoms with E-state index in [-0.39, 0.29) is 68.2 Å². The average molecular weight is 884 g/mol. The number of methoxy groups -OCH3 is 2. The molecule has 2 aromatic heterocycles. The highest BCUT2D eigenvalue weighted by atomic mass is 127. The van der Waals surface area contributed by atoms with E-state index >= 15 is 0 Å². The van der Waals surface area contributed by atoms with Gasteiger partial charge in [-0.15, -0.1) is 0 Å². The molecule has 2 heterocycles. The highest BCUT2D eigenvalue weighted by molar-refractivity contribution is 14.1. The van der Waals surface area contributed by atoms with Crippen LogP contribution in [-0.4, -0.2) is 69.7 Å². The molecule has 0 saturated carbocycles. The van der Waals surface area contributed by atoms with Crippen molar-refractivity contribution in [3.63, 3.8) is 0 Å². The Morgan fingerprint density at radius 3 is 1.89 bits per heavy atom. The monoisotopic (exact) mass is 884 g/mol. The van der Waals surface area contributed by atoms with Crippen molar-refractivity contribution in [2.24, 2.45) is 0 Å². The van der Waals surface area contributed by atoms with Crippen molar-refractivity contribution < 1.29 is 57.4 Å². The molecule has 0 atom stereocenters. The van der Waals surface area contributed by atoms with Crippen molar-refractivity contribution in [1.29, 1.82) is 0 Å². The van der Waals surface area contributed by atoms with Gasteiger partial charge in [0.15, 0.2) is 36.6 Å². The first-order valence-corrected chi connectivity index (χ1v) is 19.1. The van der Waals surface area contributed by atoms with Crippen LogP contribution in [0.2, 0.25) is 25.7 Å². The number of benzene rings is 2. The van der Waals surface area contributed by atoms with Crippen molar-refractivity contribution in [3.05, 3.63) is 63.4 Å². The Kier molecular flexibility index (Phi) is 12.8. The molecule has 0 aliphatic heterocycles. The minimum absolute atomic E-state index is 0.0451. The average Bonchev–Trinajstić information content (AvgIpc) is 2.99. The molecule has 4 aromatic rings. The summed E-state index contributed by atoms with van der Waals surface area (Å²) in [5.74, 6) is -3.48. The van der Waals surface area contributed by atoms with Gasteiger partial charge >= 0.3 is 11.9 Å².